The van der Waals surface area contributed by atoms with Gasteiger partial charge in [-0.3, -0.25) is 23.1 Å². The number of halogens is 3. The Morgan fingerprint density at radius 3 is 1.10 bits per heavy atom. The predicted octanol–water partition coefficient (Wildman–Crippen LogP) is 23.8. The van der Waals surface area contributed by atoms with Gasteiger partial charge in [-0.1, -0.05) is 282 Å². The Bertz CT molecular complexity index is 7920. The first kappa shape index (κ1) is 96.0. The molecule has 16 aromatic carbocycles. The summed E-state index contributed by atoms with van der Waals surface area (Å²) in [5, 5.41) is 19.0. The third kappa shape index (κ3) is 20.7. The Kier molecular flexibility index (Phi) is 31.3. The molecule has 0 aliphatic rings. The van der Waals surface area contributed by atoms with Gasteiger partial charge in [-0.15, -0.1) is 0 Å². The number of rotatable bonds is 22. The molecule has 137 heavy (non-hydrogen) atoms. The zero-order valence-electron chi connectivity index (χ0n) is 77.6. The number of hydrogen-bond donors (Lipinski definition) is 1. The van der Waals surface area contributed by atoms with Crippen LogP contribution in [0.3, 0.4) is 0 Å². The van der Waals surface area contributed by atoms with E-state index in [-0.39, 0.29) is 111 Å². The molecular formula is C117H93BrCl2K2N12O3. The molecule has 15 nitrogen and oxygen atoms in total. The van der Waals surface area contributed by atoms with Crippen molar-refractivity contribution in [2.45, 2.75) is 52.7 Å². The number of carbonyl (C=O) groups is 1. The molecule has 0 bridgehead atoms. The number of aryl methyl sites for hydroxylation is 4. The van der Waals surface area contributed by atoms with Crippen LogP contribution in [0.4, 0.5) is 45.5 Å². The molecule has 0 fully saturated rings. The van der Waals surface area contributed by atoms with Crippen LogP contribution in [0, 0.1) is 27.7 Å². The zero-order valence-corrected chi connectivity index (χ0v) is 85.9. The van der Waals surface area contributed by atoms with Crippen LogP contribution in [0.15, 0.2) is 425 Å². The van der Waals surface area contributed by atoms with Gasteiger partial charge >= 0.3 is 103 Å². The number of benzene rings is 16. The third-order valence-corrected chi connectivity index (χ3v) is 25.8. The number of imidazole rings is 2. The van der Waals surface area contributed by atoms with Crippen molar-refractivity contribution in [1.29, 1.82) is 0 Å². The molecule has 22 rings (SSSR count). The van der Waals surface area contributed by atoms with Gasteiger partial charge < -0.3 is 31.6 Å². The van der Waals surface area contributed by atoms with Crippen LogP contribution in [0.5, 0.6) is 0 Å². The van der Waals surface area contributed by atoms with Crippen molar-refractivity contribution in [2.75, 3.05) is 20.0 Å². The van der Waals surface area contributed by atoms with E-state index < -0.39 is 0 Å². The average molecular weight is 1940 g/mol. The van der Waals surface area contributed by atoms with Crippen LogP contribution in [0.25, 0.3) is 111 Å². The number of nitrogens with zero attached hydrogens (tertiary/aromatic N) is 11. The van der Waals surface area contributed by atoms with Crippen molar-refractivity contribution in [3.05, 3.63) is 479 Å². The minimum atomic E-state index is -0.181. The molecule has 22 aromatic rings. The fourth-order valence-electron chi connectivity index (χ4n) is 18.2. The Labute approximate surface area is 901 Å². The average Bonchev–Trinajstić information content (AvgIpc) is 1.49. The fourth-order valence-corrected chi connectivity index (χ4v) is 19.1. The third-order valence-electron chi connectivity index (χ3n) is 24.4. The summed E-state index contributed by atoms with van der Waals surface area (Å²) in [7, 11) is 0. The summed E-state index contributed by atoms with van der Waals surface area (Å²) in [6.07, 6.45) is 3.68. The Balaban J connectivity index is 0.000000175. The quantitative estimate of drug-likeness (QED) is 0.0228. The van der Waals surface area contributed by atoms with E-state index in [1.807, 2.05) is 79.1 Å². The van der Waals surface area contributed by atoms with Crippen LogP contribution in [-0.4, -0.2) is 44.7 Å². The largest absolute Gasteiger partial charge is 1.00 e. The number of nitrogens with one attached hydrogen (secondary N) is 1. The maximum absolute atomic E-state index is 8.64. The summed E-state index contributed by atoms with van der Waals surface area (Å²) in [5.74, 6) is 3.58. The molecule has 1 N–H and O–H groups in total. The van der Waals surface area contributed by atoms with Gasteiger partial charge in [0.15, 0.2) is 0 Å². The normalized spacial score (nSPS) is 10.9. The zero-order chi connectivity index (χ0) is 92.3. The topological polar surface area (TPSA) is 142 Å². The van der Waals surface area contributed by atoms with Gasteiger partial charge in [0.25, 0.3) is 6.47 Å². The van der Waals surface area contributed by atoms with Crippen molar-refractivity contribution in [3.63, 3.8) is 0 Å². The van der Waals surface area contributed by atoms with E-state index in [0.29, 0.717) is 29.7 Å². The Morgan fingerprint density at radius 2 is 0.693 bits per heavy atom. The molecule has 0 saturated carbocycles. The molecule has 0 aliphatic heterocycles. The van der Waals surface area contributed by atoms with E-state index in [1.165, 1.54) is 44.5 Å². The molecule has 6 heterocycles. The SMILES string of the molecule is BrCc1ccccc1.Cc1cccc(C)c1-n1c(-c2ccc(N(Cc3ccccc3)c3cccc(N(Cc4ccccc4)c4ccc5c(c4)c4ccccc4n5-c4ccccn4)c3Cl)cc2)nc2ccccc21.Cc1cccc(C)c1-n1c(-c2ccc(N(Cc3ccccc3)c3cccc(Nc4ccc5c(c4)c4ccccc4n5-c4ccccn4)c3Cl)cc2)nc2ccccc21.O=CO[O-].[H-].[K+].[K+]. The van der Waals surface area contributed by atoms with Crippen LogP contribution in [-0.2, 0) is 34.6 Å². The number of carbonyl (C=O) groups excluding carboxylic acids is 1. The summed E-state index contributed by atoms with van der Waals surface area (Å²) in [6.45, 7) is 10.3. The maximum atomic E-state index is 8.64. The molecular weight excluding hydrogens is 1850 g/mol. The van der Waals surface area contributed by atoms with Gasteiger partial charge in [0, 0.05) is 92.8 Å². The van der Waals surface area contributed by atoms with E-state index in [0.717, 1.165) is 162 Å². The minimum absolute atomic E-state index is 0. The number of alkyl halides is 1. The molecule has 0 radical (unpaired) electrons. The number of hydrogen-bond acceptors (Lipinski definition) is 11. The summed E-state index contributed by atoms with van der Waals surface area (Å²) in [5.41, 5.74) is 30.1. The van der Waals surface area contributed by atoms with Gasteiger partial charge in [-0.05, 0) is 242 Å². The number of pyridine rings is 2. The van der Waals surface area contributed by atoms with Crippen molar-refractivity contribution in [1.82, 2.24) is 38.2 Å². The smallest absolute Gasteiger partial charge is 1.00 e. The molecule has 662 valence electrons. The van der Waals surface area contributed by atoms with E-state index in [9.17, 15) is 0 Å². The van der Waals surface area contributed by atoms with Gasteiger partial charge in [0.2, 0.25) is 0 Å². The second-order valence-corrected chi connectivity index (χ2v) is 34.3. The van der Waals surface area contributed by atoms with E-state index in [2.05, 4.69) is 438 Å². The number of fused-ring (bicyclic) bond motifs is 8. The van der Waals surface area contributed by atoms with Crippen LogP contribution < -0.4 is 128 Å². The second-order valence-electron chi connectivity index (χ2n) is 33.0. The minimum Gasteiger partial charge on any atom is -1.00 e. The second kappa shape index (κ2) is 44.6. The molecule has 0 atom stereocenters. The summed E-state index contributed by atoms with van der Waals surface area (Å²) in [6, 6.07) is 144. The molecule has 0 saturated heterocycles. The van der Waals surface area contributed by atoms with E-state index >= 15 is 0 Å². The van der Waals surface area contributed by atoms with Gasteiger partial charge in [0.05, 0.1) is 88.3 Å². The maximum Gasteiger partial charge on any atom is 1.00 e. The van der Waals surface area contributed by atoms with Crippen molar-refractivity contribution in [3.8, 4) is 45.8 Å². The van der Waals surface area contributed by atoms with Gasteiger partial charge in [-0.2, -0.15) is 0 Å². The standard InChI is InChI=1S/C58H45ClN6.C51H39ClN6.C7H7Br.CH2O3.2K.H/c1-40-17-15-18-41(2)57(40)65-52-26-12-10-24-49(52)61-58(65)44-30-32-45(33-31-44)62(38-42-19-5-3-6-20-42)53-27-16-28-54(56(53)59)63(39-43-21-7-4-8-22-43)46-34-35-51-48(37-46)47-23-9-11-25-50(47)64(51)55-29-13-14-36-60-55;1-34-14-12-15-35(2)50(34)58-46-22-9-7-19-42(46)55-51(58)37-25-28-39(29-26-37)56(33-36-16-4-3-5-17-36)47-23-13-20-43(49(47)52)54-38-27-30-45-41(32-38)40-18-6-8-21-44(40)57(45)48-24-10-11-31-53-48;8-6-7-4-2-1-3-5-7;2-1-4-3;;;/h3-37H,38-39H2,1-2H3;3-32,54H,33H2,1-2H3;1-5H,6H2;1,3H;;;/q;;;;2*+1;-1/p-1. The molecule has 0 amide bonds. The first-order valence-corrected chi connectivity index (χ1v) is 46.5. The first-order chi connectivity index (χ1) is 66.4. The number of anilines is 8. The summed E-state index contributed by atoms with van der Waals surface area (Å²) < 4.78 is 9.08. The van der Waals surface area contributed by atoms with E-state index in [1.54, 1.807) is 0 Å². The number of para-hydroxylation sites is 8. The monoisotopic (exact) mass is 1940 g/mol. The summed E-state index contributed by atoms with van der Waals surface area (Å²) in [4.78, 5) is 38.0. The van der Waals surface area contributed by atoms with Crippen molar-refractivity contribution >= 4 is 157 Å². The predicted molar refractivity (Wildman–Crippen MR) is 559 cm³/mol. The molecule has 0 unspecified atom stereocenters. The fraction of sp³-hybridized carbons (Fsp3) is 0.0684. The van der Waals surface area contributed by atoms with Crippen molar-refractivity contribution in [2.24, 2.45) is 0 Å². The Morgan fingerprint density at radius 1 is 0.350 bits per heavy atom. The first-order valence-electron chi connectivity index (χ1n) is 44.7. The van der Waals surface area contributed by atoms with Gasteiger partial charge in [-0.25, -0.2) is 19.9 Å². The summed E-state index contributed by atoms with van der Waals surface area (Å²) >= 11 is 18.6. The van der Waals surface area contributed by atoms with Crippen LogP contribution in [0.2, 0.25) is 10.0 Å². The van der Waals surface area contributed by atoms with Crippen LogP contribution >= 0.6 is 39.1 Å². The van der Waals surface area contributed by atoms with Gasteiger partial charge in [0.1, 0.15) is 23.3 Å². The molecule has 0 aliphatic carbocycles. The number of aromatic nitrogens is 8. The van der Waals surface area contributed by atoms with E-state index in [4.69, 9.17) is 48.2 Å². The molecule has 20 heteroatoms. The molecule has 0 spiro atoms. The Hall–Kier alpha value is -12.7. The van der Waals surface area contributed by atoms with Crippen molar-refractivity contribution < 1.29 is 119 Å². The van der Waals surface area contributed by atoms with Crippen LogP contribution in [0.1, 0.15) is 45.9 Å². The molecule has 6 aromatic heterocycles.